The molecule has 0 saturated heterocycles. The van der Waals surface area contributed by atoms with E-state index in [-0.39, 0.29) is 0 Å². The fourth-order valence-corrected chi connectivity index (χ4v) is 2.64. The summed E-state index contributed by atoms with van der Waals surface area (Å²) in [5, 5.41) is 0. The SMILES string of the molecule is COCCOCCOCCOCCOCCOCCOCCOCCOCCOCCOCCOCCS. The first-order valence-corrected chi connectivity index (χ1v) is 14.0. The maximum absolute atomic E-state index is 5.46. The van der Waals surface area contributed by atoms with E-state index < -0.39 is 0 Å². The van der Waals surface area contributed by atoms with Crippen molar-refractivity contribution < 1.29 is 56.8 Å². The summed E-state index contributed by atoms with van der Waals surface area (Å²) in [4.78, 5) is 0. The molecule has 0 spiro atoms. The molecule has 12 nitrogen and oxygen atoms in total. The molecule has 0 aromatic carbocycles. The van der Waals surface area contributed by atoms with Crippen LogP contribution < -0.4 is 0 Å². The van der Waals surface area contributed by atoms with E-state index >= 15 is 0 Å². The van der Waals surface area contributed by atoms with Gasteiger partial charge in [0.2, 0.25) is 0 Å². The topological polar surface area (TPSA) is 111 Å². The Kier molecular flexibility index (Phi) is 36.7. The molecule has 0 rings (SSSR count). The van der Waals surface area contributed by atoms with Crippen molar-refractivity contribution in [1.29, 1.82) is 0 Å². The van der Waals surface area contributed by atoms with Crippen LogP contribution in [0.1, 0.15) is 0 Å². The predicted molar refractivity (Wildman–Crippen MR) is 145 cm³/mol. The molecule has 0 N–H and O–H groups in total. The first-order valence-electron chi connectivity index (χ1n) is 13.4. The summed E-state index contributed by atoms with van der Waals surface area (Å²) in [5.41, 5.74) is 0. The number of ether oxygens (including phenoxy) is 12. The summed E-state index contributed by atoms with van der Waals surface area (Å²) in [6.07, 6.45) is 0. The van der Waals surface area contributed by atoms with Gasteiger partial charge in [-0.15, -0.1) is 0 Å². The fraction of sp³-hybridized carbons (Fsp3) is 1.00. The van der Waals surface area contributed by atoms with Gasteiger partial charge in [0.05, 0.1) is 152 Å². The van der Waals surface area contributed by atoms with E-state index in [2.05, 4.69) is 12.6 Å². The molecule has 0 aliphatic heterocycles. The van der Waals surface area contributed by atoms with E-state index in [4.69, 9.17) is 56.8 Å². The molecule has 38 heavy (non-hydrogen) atoms. The third-order valence-corrected chi connectivity index (χ3v) is 4.57. The highest BCUT2D eigenvalue weighted by atomic mass is 32.1. The highest BCUT2D eigenvalue weighted by molar-refractivity contribution is 7.80. The van der Waals surface area contributed by atoms with E-state index in [1.807, 2.05) is 0 Å². The Morgan fingerprint density at radius 2 is 0.421 bits per heavy atom. The molecule has 0 aromatic rings. The van der Waals surface area contributed by atoms with Gasteiger partial charge in [0.1, 0.15) is 0 Å². The van der Waals surface area contributed by atoms with E-state index in [0.29, 0.717) is 152 Å². The molecule has 0 bridgehead atoms. The van der Waals surface area contributed by atoms with Gasteiger partial charge < -0.3 is 56.8 Å². The van der Waals surface area contributed by atoms with Crippen molar-refractivity contribution in [2.75, 3.05) is 165 Å². The van der Waals surface area contributed by atoms with Crippen LogP contribution in [0.25, 0.3) is 0 Å². The number of hydrogen-bond acceptors (Lipinski definition) is 13. The number of hydrogen-bond donors (Lipinski definition) is 1. The van der Waals surface area contributed by atoms with Crippen molar-refractivity contribution in [2.24, 2.45) is 0 Å². The largest absolute Gasteiger partial charge is 0.382 e. The molecular weight excluding hydrogens is 524 g/mol. The Labute approximate surface area is 234 Å². The van der Waals surface area contributed by atoms with Crippen molar-refractivity contribution >= 4 is 12.6 Å². The van der Waals surface area contributed by atoms with Crippen LogP contribution in [0.15, 0.2) is 0 Å². The van der Waals surface area contributed by atoms with Gasteiger partial charge in [0, 0.05) is 12.9 Å². The summed E-state index contributed by atoms with van der Waals surface area (Å²) in [6, 6.07) is 0. The van der Waals surface area contributed by atoms with Gasteiger partial charge in [-0.05, 0) is 0 Å². The van der Waals surface area contributed by atoms with Crippen LogP contribution >= 0.6 is 12.6 Å². The highest BCUT2D eigenvalue weighted by Gasteiger charge is 1.96. The third kappa shape index (κ3) is 35.9. The quantitative estimate of drug-likeness (QED) is 0.0849. The van der Waals surface area contributed by atoms with Gasteiger partial charge >= 0.3 is 0 Å². The molecule has 0 atom stereocenters. The molecule has 0 saturated carbocycles. The van der Waals surface area contributed by atoms with Crippen LogP contribution in [0.3, 0.4) is 0 Å². The molecule has 0 radical (unpaired) electrons. The zero-order valence-corrected chi connectivity index (χ0v) is 24.2. The number of rotatable bonds is 35. The van der Waals surface area contributed by atoms with Crippen molar-refractivity contribution in [2.45, 2.75) is 0 Å². The van der Waals surface area contributed by atoms with Gasteiger partial charge in [-0.1, -0.05) is 0 Å². The summed E-state index contributed by atoms with van der Waals surface area (Å²) in [5.74, 6) is 0.721. The van der Waals surface area contributed by atoms with E-state index in [1.54, 1.807) is 7.11 Å². The Morgan fingerprint density at radius 3 is 0.579 bits per heavy atom. The lowest BCUT2D eigenvalue weighted by Crippen LogP contribution is -2.15. The van der Waals surface area contributed by atoms with Gasteiger partial charge in [0.25, 0.3) is 0 Å². The molecule has 0 heterocycles. The van der Waals surface area contributed by atoms with Crippen LogP contribution in [-0.2, 0) is 56.8 Å². The fourth-order valence-electron chi connectivity index (χ4n) is 2.51. The molecule has 230 valence electrons. The lowest BCUT2D eigenvalue weighted by molar-refractivity contribution is -0.0279. The van der Waals surface area contributed by atoms with Gasteiger partial charge in [-0.25, -0.2) is 0 Å². The number of methoxy groups -OCH3 is 1. The van der Waals surface area contributed by atoms with Crippen LogP contribution in [0.4, 0.5) is 0 Å². The smallest absolute Gasteiger partial charge is 0.0701 e. The second-order valence-electron chi connectivity index (χ2n) is 7.45. The molecule has 0 fully saturated rings. The Morgan fingerprint density at radius 1 is 0.263 bits per heavy atom. The summed E-state index contributed by atoms with van der Waals surface area (Å²) in [7, 11) is 1.65. The van der Waals surface area contributed by atoms with E-state index in [9.17, 15) is 0 Å². The maximum Gasteiger partial charge on any atom is 0.0701 e. The van der Waals surface area contributed by atoms with Crippen LogP contribution in [-0.4, -0.2) is 165 Å². The van der Waals surface area contributed by atoms with Crippen molar-refractivity contribution in [3.63, 3.8) is 0 Å². The monoisotopic (exact) mass is 576 g/mol. The third-order valence-electron chi connectivity index (χ3n) is 4.39. The average Bonchev–Trinajstić information content (AvgIpc) is 2.93. The molecular formula is C25H52O12S. The summed E-state index contributed by atoms with van der Waals surface area (Å²) < 4.78 is 64.3. The Bertz CT molecular complexity index is 377. The lowest BCUT2D eigenvalue weighted by atomic mass is 10.6. The second-order valence-corrected chi connectivity index (χ2v) is 7.90. The summed E-state index contributed by atoms with van der Waals surface area (Å²) >= 11 is 4.06. The minimum Gasteiger partial charge on any atom is -0.382 e. The first-order chi connectivity index (χ1) is 18.9. The van der Waals surface area contributed by atoms with Crippen LogP contribution in [0.5, 0.6) is 0 Å². The Balaban J connectivity index is 3.01. The minimum atomic E-state index is 0.518. The van der Waals surface area contributed by atoms with Gasteiger partial charge in [0.15, 0.2) is 0 Å². The van der Waals surface area contributed by atoms with Gasteiger partial charge in [-0.2, -0.15) is 12.6 Å². The van der Waals surface area contributed by atoms with Crippen LogP contribution in [0, 0.1) is 0 Å². The van der Waals surface area contributed by atoms with E-state index in [0.717, 1.165) is 5.75 Å². The predicted octanol–water partition coefficient (Wildman–Crippen LogP) is 0.745. The summed E-state index contributed by atoms with van der Waals surface area (Å²) in [6.45, 7) is 12.5. The normalized spacial score (nSPS) is 11.5. The minimum absolute atomic E-state index is 0.518. The first kappa shape index (κ1) is 37.9. The zero-order valence-electron chi connectivity index (χ0n) is 23.3. The molecule has 0 unspecified atom stereocenters. The maximum atomic E-state index is 5.46. The zero-order chi connectivity index (χ0) is 27.5. The highest BCUT2D eigenvalue weighted by Crippen LogP contribution is 1.87. The van der Waals surface area contributed by atoms with Crippen molar-refractivity contribution in [1.82, 2.24) is 0 Å². The molecule has 0 aromatic heterocycles. The van der Waals surface area contributed by atoms with E-state index in [1.165, 1.54) is 0 Å². The van der Waals surface area contributed by atoms with Gasteiger partial charge in [-0.3, -0.25) is 0 Å². The average molecular weight is 577 g/mol. The molecule has 0 aliphatic carbocycles. The second kappa shape index (κ2) is 36.9. The molecule has 0 amide bonds. The number of thiol groups is 1. The van der Waals surface area contributed by atoms with Crippen molar-refractivity contribution in [3.8, 4) is 0 Å². The van der Waals surface area contributed by atoms with Crippen LogP contribution in [0.2, 0.25) is 0 Å². The Hall–Kier alpha value is -0.130. The standard InChI is InChI=1S/C25H52O12S/c1-26-2-3-27-4-5-28-6-7-29-8-9-30-10-11-31-12-13-32-14-15-33-16-17-34-18-19-35-20-21-36-22-23-37-24-25-38/h38H,2-25H2,1H3. The molecule has 0 aliphatic rings. The lowest BCUT2D eigenvalue weighted by Gasteiger charge is -2.09. The van der Waals surface area contributed by atoms with Crippen molar-refractivity contribution in [3.05, 3.63) is 0 Å². The molecule has 13 heteroatoms.